The van der Waals surface area contributed by atoms with E-state index in [9.17, 15) is 14.9 Å². The topological polar surface area (TPSA) is 117 Å². The van der Waals surface area contributed by atoms with E-state index in [1.807, 2.05) is 38.1 Å². The van der Waals surface area contributed by atoms with Crippen molar-refractivity contribution in [3.8, 4) is 5.75 Å². The number of nitro groups is 1. The number of anilines is 1. The number of amides is 1. The van der Waals surface area contributed by atoms with Gasteiger partial charge in [-0.1, -0.05) is 12.1 Å². The Morgan fingerprint density at radius 1 is 1.29 bits per heavy atom. The number of aromatic nitrogens is 4. The molecule has 1 aromatic carbocycles. The molecule has 2 heterocycles. The molecule has 146 valence electrons. The molecule has 0 saturated heterocycles. The van der Waals surface area contributed by atoms with Gasteiger partial charge in [0, 0.05) is 0 Å². The molecule has 0 aliphatic carbocycles. The molecule has 3 rings (SSSR count). The van der Waals surface area contributed by atoms with Crippen LogP contribution in [0.1, 0.15) is 17.0 Å². The molecule has 1 N–H and O–H groups in total. The lowest BCUT2D eigenvalue weighted by molar-refractivity contribution is -0.389. The summed E-state index contributed by atoms with van der Waals surface area (Å²) in [6, 6.07) is 8.93. The maximum absolute atomic E-state index is 12.3. The Morgan fingerprint density at radius 2 is 2.07 bits per heavy atom. The van der Waals surface area contributed by atoms with Crippen LogP contribution in [0.4, 0.5) is 11.5 Å². The second kappa shape index (κ2) is 7.91. The third-order valence-electron chi connectivity index (χ3n) is 4.23. The number of carbonyl (C=O) groups excluding carboxylic acids is 1. The Labute approximate surface area is 160 Å². The van der Waals surface area contributed by atoms with Crippen molar-refractivity contribution in [3.63, 3.8) is 0 Å². The van der Waals surface area contributed by atoms with E-state index >= 15 is 0 Å². The standard InChI is InChI=1S/C18H20N6O4/c1-12-18(19-17(25)11-22-8-7-16(21-22)24(26)27)13(2)23(20-12)10-14-5-4-6-15(9-14)28-3/h4-9H,10-11H2,1-3H3,(H,19,25). The number of aryl methyl sites for hydroxylation is 1. The van der Waals surface area contributed by atoms with Gasteiger partial charge < -0.3 is 20.2 Å². The van der Waals surface area contributed by atoms with Crippen molar-refractivity contribution in [3.05, 3.63) is 63.6 Å². The zero-order valence-corrected chi connectivity index (χ0v) is 15.7. The van der Waals surface area contributed by atoms with Crippen LogP contribution in [0.15, 0.2) is 36.5 Å². The molecular formula is C18H20N6O4. The molecule has 0 bridgehead atoms. The SMILES string of the molecule is COc1cccc(Cn2nc(C)c(NC(=O)Cn3ccc([N+](=O)[O-])n3)c2C)c1. The average Bonchev–Trinajstić information content (AvgIpc) is 3.22. The Morgan fingerprint density at radius 3 is 2.75 bits per heavy atom. The second-order valence-corrected chi connectivity index (χ2v) is 6.23. The summed E-state index contributed by atoms with van der Waals surface area (Å²) in [4.78, 5) is 22.4. The molecule has 0 radical (unpaired) electrons. The quantitative estimate of drug-likeness (QED) is 0.493. The Kier molecular flexibility index (Phi) is 5.39. The summed E-state index contributed by atoms with van der Waals surface area (Å²) in [7, 11) is 1.62. The number of nitrogens with one attached hydrogen (secondary N) is 1. The number of carbonyl (C=O) groups is 1. The molecule has 10 heteroatoms. The number of ether oxygens (including phenoxy) is 1. The number of nitrogens with zero attached hydrogens (tertiary/aromatic N) is 5. The summed E-state index contributed by atoms with van der Waals surface area (Å²) >= 11 is 0. The Balaban J connectivity index is 1.71. The maximum atomic E-state index is 12.3. The van der Waals surface area contributed by atoms with Crippen LogP contribution in [0.3, 0.4) is 0 Å². The largest absolute Gasteiger partial charge is 0.497 e. The van der Waals surface area contributed by atoms with E-state index < -0.39 is 4.92 Å². The van der Waals surface area contributed by atoms with Crippen molar-refractivity contribution in [2.45, 2.75) is 26.9 Å². The highest BCUT2D eigenvalue weighted by molar-refractivity contribution is 5.91. The van der Waals surface area contributed by atoms with Crippen LogP contribution in [0.5, 0.6) is 5.75 Å². The molecule has 28 heavy (non-hydrogen) atoms. The smallest absolute Gasteiger partial charge is 0.389 e. The minimum Gasteiger partial charge on any atom is -0.497 e. The zero-order chi connectivity index (χ0) is 20.3. The fourth-order valence-corrected chi connectivity index (χ4v) is 2.84. The van der Waals surface area contributed by atoms with Crippen molar-refractivity contribution in [1.82, 2.24) is 19.6 Å². The van der Waals surface area contributed by atoms with E-state index in [1.165, 1.54) is 16.9 Å². The van der Waals surface area contributed by atoms with Crippen molar-refractivity contribution in [2.75, 3.05) is 12.4 Å². The van der Waals surface area contributed by atoms with E-state index in [0.717, 1.165) is 17.0 Å². The van der Waals surface area contributed by atoms with Gasteiger partial charge in [0.2, 0.25) is 5.91 Å². The number of benzene rings is 1. The predicted molar refractivity (Wildman–Crippen MR) is 101 cm³/mol. The van der Waals surface area contributed by atoms with Gasteiger partial charge in [-0.25, -0.2) is 0 Å². The molecule has 0 atom stereocenters. The summed E-state index contributed by atoms with van der Waals surface area (Å²) in [6.07, 6.45) is 1.39. The Bertz CT molecular complexity index is 1020. The van der Waals surface area contributed by atoms with Gasteiger partial charge >= 0.3 is 5.82 Å². The first kappa shape index (κ1) is 19.1. The molecule has 0 spiro atoms. The predicted octanol–water partition coefficient (Wildman–Crippen LogP) is 2.30. The lowest BCUT2D eigenvalue weighted by atomic mass is 10.2. The van der Waals surface area contributed by atoms with Crippen LogP contribution >= 0.6 is 0 Å². The third kappa shape index (κ3) is 4.17. The lowest BCUT2D eigenvalue weighted by Crippen LogP contribution is -2.20. The van der Waals surface area contributed by atoms with E-state index in [0.29, 0.717) is 17.9 Å². The molecular weight excluding hydrogens is 364 g/mol. The van der Waals surface area contributed by atoms with Crippen molar-refractivity contribution < 1.29 is 14.5 Å². The van der Waals surface area contributed by atoms with Crippen molar-refractivity contribution in [1.29, 1.82) is 0 Å². The fourth-order valence-electron chi connectivity index (χ4n) is 2.84. The van der Waals surface area contributed by atoms with E-state index in [4.69, 9.17) is 4.74 Å². The van der Waals surface area contributed by atoms with Crippen LogP contribution in [0, 0.1) is 24.0 Å². The van der Waals surface area contributed by atoms with Gasteiger partial charge in [-0.3, -0.25) is 9.48 Å². The van der Waals surface area contributed by atoms with Crippen LogP contribution < -0.4 is 10.1 Å². The highest BCUT2D eigenvalue weighted by Gasteiger charge is 2.17. The first-order chi connectivity index (χ1) is 13.4. The van der Waals surface area contributed by atoms with Crippen molar-refractivity contribution >= 4 is 17.4 Å². The van der Waals surface area contributed by atoms with E-state index in [2.05, 4.69) is 15.5 Å². The molecule has 0 unspecified atom stereocenters. The van der Waals surface area contributed by atoms with Gasteiger partial charge in [0.25, 0.3) is 0 Å². The van der Waals surface area contributed by atoms with E-state index in [1.54, 1.807) is 11.8 Å². The molecule has 0 aliphatic rings. The molecule has 0 saturated carbocycles. The normalized spacial score (nSPS) is 10.7. The fraction of sp³-hybridized carbons (Fsp3) is 0.278. The summed E-state index contributed by atoms with van der Waals surface area (Å²) in [5, 5.41) is 21.7. The van der Waals surface area contributed by atoms with Gasteiger partial charge in [-0.05, 0) is 36.5 Å². The van der Waals surface area contributed by atoms with Gasteiger partial charge in [-0.15, -0.1) is 0 Å². The van der Waals surface area contributed by atoms with Crippen LogP contribution in [0.2, 0.25) is 0 Å². The summed E-state index contributed by atoms with van der Waals surface area (Å²) in [5.41, 5.74) is 3.13. The molecule has 2 aromatic heterocycles. The van der Waals surface area contributed by atoms with Gasteiger partial charge in [0.1, 0.15) is 12.3 Å². The van der Waals surface area contributed by atoms with Crippen LogP contribution in [-0.2, 0) is 17.9 Å². The summed E-state index contributed by atoms with van der Waals surface area (Å²) in [6.45, 7) is 4.08. The van der Waals surface area contributed by atoms with Gasteiger partial charge in [0.15, 0.2) is 0 Å². The summed E-state index contributed by atoms with van der Waals surface area (Å²) < 4.78 is 8.27. The maximum Gasteiger partial charge on any atom is 0.389 e. The summed E-state index contributed by atoms with van der Waals surface area (Å²) in [5.74, 6) is 0.122. The monoisotopic (exact) mass is 384 g/mol. The zero-order valence-electron chi connectivity index (χ0n) is 15.7. The molecule has 0 aliphatic heterocycles. The second-order valence-electron chi connectivity index (χ2n) is 6.23. The highest BCUT2D eigenvalue weighted by Crippen LogP contribution is 2.21. The first-order valence-corrected chi connectivity index (χ1v) is 8.52. The number of hydrogen-bond donors (Lipinski definition) is 1. The lowest BCUT2D eigenvalue weighted by Gasteiger charge is -2.08. The molecule has 1 amide bonds. The number of methoxy groups -OCH3 is 1. The van der Waals surface area contributed by atoms with Crippen LogP contribution in [0.25, 0.3) is 0 Å². The van der Waals surface area contributed by atoms with Crippen molar-refractivity contribution in [2.24, 2.45) is 0 Å². The minimum absolute atomic E-state index is 0.131. The molecule has 3 aromatic rings. The first-order valence-electron chi connectivity index (χ1n) is 8.52. The number of rotatable bonds is 7. The van der Waals surface area contributed by atoms with Gasteiger partial charge in [-0.2, -0.15) is 9.78 Å². The molecule has 10 nitrogen and oxygen atoms in total. The third-order valence-corrected chi connectivity index (χ3v) is 4.23. The average molecular weight is 384 g/mol. The van der Waals surface area contributed by atoms with E-state index in [-0.39, 0.29) is 18.3 Å². The van der Waals surface area contributed by atoms with Gasteiger partial charge in [0.05, 0.1) is 48.1 Å². The Hall–Kier alpha value is -3.69. The molecule has 0 fully saturated rings. The highest BCUT2D eigenvalue weighted by atomic mass is 16.6. The van der Waals surface area contributed by atoms with Crippen LogP contribution in [-0.4, -0.2) is 37.5 Å². The minimum atomic E-state index is -0.606. The number of hydrogen-bond acceptors (Lipinski definition) is 6.